The Morgan fingerprint density at radius 1 is 1.19 bits per heavy atom. The lowest BCUT2D eigenvalue weighted by molar-refractivity contribution is -0.138. The maximum Gasteiger partial charge on any atom is 0.230 e. The largest absolute Gasteiger partial charge is 0.383 e. The Morgan fingerprint density at radius 2 is 1.88 bits per heavy atom. The molecule has 0 aromatic carbocycles. The topological polar surface area (TPSA) is 69.2 Å². The number of nitrogens with one attached hydrogen (secondary N) is 2. The molecule has 0 radical (unpaired) electrons. The summed E-state index contributed by atoms with van der Waals surface area (Å²) >= 11 is 0. The zero-order chi connectivity index (χ0) is 19.0. The minimum atomic E-state index is -0.278. The molecule has 0 saturated heterocycles. The molecule has 0 heterocycles. The van der Waals surface area contributed by atoms with E-state index in [1.54, 1.807) is 19.1 Å². The molecule has 0 atom stereocenters. The van der Waals surface area contributed by atoms with Crippen molar-refractivity contribution in [2.45, 2.75) is 44.6 Å². The third-order valence-corrected chi connectivity index (χ3v) is 5.58. The summed E-state index contributed by atoms with van der Waals surface area (Å²) in [6, 6.07) is 0.724. The van der Waals surface area contributed by atoms with Crippen molar-refractivity contribution in [3.8, 4) is 0 Å². The fraction of sp³-hybridized carbons (Fsp3) is 0.895. The molecule has 7 nitrogen and oxygen atoms in total. The molecule has 0 unspecified atom stereocenters. The van der Waals surface area contributed by atoms with Crippen LogP contribution in [0.5, 0.6) is 0 Å². The summed E-state index contributed by atoms with van der Waals surface area (Å²) in [5, 5.41) is 6.80. The van der Waals surface area contributed by atoms with Crippen LogP contribution in [0.2, 0.25) is 0 Å². The maximum absolute atomic E-state index is 12.7. The third kappa shape index (κ3) is 5.84. The van der Waals surface area contributed by atoms with Gasteiger partial charge in [0.2, 0.25) is 5.91 Å². The van der Waals surface area contributed by atoms with E-state index in [1.807, 2.05) is 14.1 Å². The summed E-state index contributed by atoms with van der Waals surface area (Å²) in [6.45, 7) is 4.23. The van der Waals surface area contributed by atoms with Crippen LogP contribution in [0.4, 0.5) is 0 Å². The molecule has 0 bridgehead atoms. The smallest absolute Gasteiger partial charge is 0.230 e. The van der Waals surface area contributed by atoms with Crippen LogP contribution in [-0.4, -0.2) is 88.7 Å². The van der Waals surface area contributed by atoms with Crippen molar-refractivity contribution in [2.75, 3.05) is 61.0 Å². The number of carbonyl (C=O) groups excluding carboxylic acids is 1. The molecule has 26 heavy (non-hydrogen) atoms. The van der Waals surface area contributed by atoms with E-state index in [9.17, 15) is 4.79 Å². The van der Waals surface area contributed by atoms with Crippen LogP contribution in [0.25, 0.3) is 0 Å². The molecular weight excluding hydrogens is 330 g/mol. The number of guanidine groups is 1. The van der Waals surface area contributed by atoms with Gasteiger partial charge in [-0.25, -0.2) is 0 Å². The number of nitrogens with zero attached hydrogens (tertiary/aromatic N) is 3. The van der Waals surface area contributed by atoms with E-state index in [0.29, 0.717) is 6.54 Å². The molecule has 7 heteroatoms. The molecule has 2 saturated carbocycles. The molecule has 1 amide bonds. The summed E-state index contributed by atoms with van der Waals surface area (Å²) < 4.78 is 5.21. The van der Waals surface area contributed by atoms with E-state index in [0.717, 1.165) is 63.9 Å². The Balaban J connectivity index is 1.78. The molecule has 2 fully saturated rings. The standard InChI is InChI=1S/C19H37N5O2/c1-20-18(21-11-12-24(13-14-26-4)16-7-8-16)22-15-19(9-5-6-10-19)17(25)23(2)3/h16H,5-15H2,1-4H3,(H2,20,21,22). The monoisotopic (exact) mass is 367 g/mol. The van der Waals surface area contributed by atoms with E-state index in [4.69, 9.17) is 4.74 Å². The van der Waals surface area contributed by atoms with Crippen LogP contribution < -0.4 is 10.6 Å². The average molecular weight is 368 g/mol. The Labute approximate surface area is 158 Å². The van der Waals surface area contributed by atoms with Crippen molar-refractivity contribution in [3.05, 3.63) is 0 Å². The van der Waals surface area contributed by atoms with Crippen LogP contribution in [-0.2, 0) is 9.53 Å². The Kier molecular flexibility index (Phi) is 8.15. The highest BCUT2D eigenvalue weighted by molar-refractivity contribution is 5.85. The van der Waals surface area contributed by atoms with Gasteiger partial charge in [0, 0.05) is 60.5 Å². The van der Waals surface area contributed by atoms with Crippen LogP contribution in [0.3, 0.4) is 0 Å². The van der Waals surface area contributed by atoms with Crippen molar-refractivity contribution in [1.82, 2.24) is 20.4 Å². The average Bonchev–Trinajstić information content (AvgIpc) is 3.37. The van der Waals surface area contributed by atoms with E-state index in [-0.39, 0.29) is 11.3 Å². The zero-order valence-electron chi connectivity index (χ0n) is 17.0. The minimum absolute atomic E-state index is 0.234. The van der Waals surface area contributed by atoms with E-state index >= 15 is 0 Å². The maximum atomic E-state index is 12.7. The molecule has 2 aliphatic rings. The Morgan fingerprint density at radius 3 is 2.42 bits per heavy atom. The second-order valence-electron chi connectivity index (χ2n) is 7.80. The molecule has 2 aliphatic carbocycles. The van der Waals surface area contributed by atoms with Gasteiger partial charge in [0.05, 0.1) is 12.0 Å². The number of carbonyl (C=O) groups is 1. The SMILES string of the molecule is CN=C(NCCN(CCOC)C1CC1)NCC1(C(=O)N(C)C)CCCC1. The second-order valence-corrected chi connectivity index (χ2v) is 7.80. The fourth-order valence-electron chi connectivity index (χ4n) is 3.91. The number of rotatable bonds is 10. The van der Waals surface area contributed by atoms with Gasteiger partial charge in [0.25, 0.3) is 0 Å². The summed E-state index contributed by atoms with van der Waals surface area (Å²) in [5.74, 6) is 1.02. The van der Waals surface area contributed by atoms with Gasteiger partial charge >= 0.3 is 0 Å². The van der Waals surface area contributed by atoms with Crippen molar-refractivity contribution >= 4 is 11.9 Å². The highest BCUT2D eigenvalue weighted by atomic mass is 16.5. The number of aliphatic imine (C=N–C) groups is 1. The molecule has 0 aromatic rings. The molecule has 2 rings (SSSR count). The first kappa shape index (κ1) is 21.0. The van der Waals surface area contributed by atoms with Gasteiger partial charge in [-0.05, 0) is 25.7 Å². The predicted octanol–water partition coefficient (Wildman–Crippen LogP) is 0.911. The molecule has 150 valence electrons. The Hall–Kier alpha value is -1.34. The molecule has 0 spiro atoms. The number of amides is 1. The third-order valence-electron chi connectivity index (χ3n) is 5.58. The lowest BCUT2D eigenvalue weighted by atomic mass is 9.84. The van der Waals surface area contributed by atoms with Gasteiger partial charge in [0.15, 0.2) is 5.96 Å². The summed E-state index contributed by atoms with van der Waals surface area (Å²) in [4.78, 5) is 21.2. The quantitative estimate of drug-likeness (QED) is 0.444. The van der Waals surface area contributed by atoms with E-state index < -0.39 is 0 Å². The number of hydrogen-bond donors (Lipinski definition) is 2. The van der Waals surface area contributed by atoms with Gasteiger partial charge in [-0.2, -0.15) is 0 Å². The van der Waals surface area contributed by atoms with Gasteiger partial charge in [0.1, 0.15) is 0 Å². The lowest BCUT2D eigenvalue weighted by Crippen LogP contribution is -2.50. The summed E-state index contributed by atoms with van der Waals surface area (Å²) in [6.07, 6.45) is 6.77. The Bertz CT molecular complexity index is 471. The van der Waals surface area contributed by atoms with Gasteiger partial charge < -0.3 is 20.3 Å². The van der Waals surface area contributed by atoms with E-state index in [2.05, 4.69) is 20.5 Å². The predicted molar refractivity (Wildman–Crippen MR) is 105 cm³/mol. The van der Waals surface area contributed by atoms with Crippen LogP contribution in [0.1, 0.15) is 38.5 Å². The highest BCUT2D eigenvalue weighted by Gasteiger charge is 2.42. The first-order chi connectivity index (χ1) is 12.5. The van der Waals surface area contributed by atoms with Gasteiger partial charge in [-0.3, -0.25) is 14.7 Å². The molecule has 0 aliphatic heterocycles. The van der Waals surface area contributed by atoms with Gasteiger partial charge in [-0.1, -0.05) is 12.8 Å². The summed E-state index contributed by atoms with van der Waals surface area (Å²) in [7, 11) is 7.24. The van der Waals surface area contributed by atoms with Crippen LogP contribution in [0.15, 0.2) is 4.99 Å². The highest BCUT2D eigenvalue weighted by Crippen LogP contribution is 2.38. The normalized spacial score (nSPS) is 19.7. The van der Waals surface area contributed by atoms with Crippen molar-refractivity contribution < 1.29 is 9.53 Å². The van der Waals surface area contributed by atoms with Crippen molar-refractivity contribution in [1.29, 1.82) is 0 Å². The first-order valence-electron chi connectivity index (χ1n) is 9.91. The van der Waals surface area contributed by atoms with Crippen molar-refractivity contribution in [3.63, 3.8) is 0 Å². The molecular formula is C19H37N5O2. The van der Waals surface area contributed by atoms with Crippen LogP contribution in [0, 0.1) is 5.41 Å². The van der Waals surface area contributed by atoms with Gasteiger partial charge in [-0.15, -0.1) is 0 Å². The number of methoxy groups -OCH3 is 1. The minimum Gasteiger partial charge on any atom is -0.383 e. The molecule has 0 aromatic heterocycles. The second kappa shape index (κ2) is 10.1. The first-order valence-corrected chi connectivity index (χ1v) is 9.91. The number of hydrogen-bond acceptors (Lipinski definition) is 4. The lowest BCUT2D eigenvalue weighted by Gasteiger charge is -2.31. The fourth-order valence-corrected chi connectivity index (χ4v) is 3.91. The summed E-state index contributed by atoms with van der Waals surface area (Å²) in [5.41, 5.74) is -0.278. The zero-order valence-corrected chi connectivity index (χ0v) is 17.0. The van der Waals surface area contributed by atoms with Crippen molar-refractivity contribution in [2.24, 2.45) is 10.4 Å². The molecule has 2 N–H and O–H groups in total. The number of ether oxygens (including phenoxy) is 1. The van der Waals surface area contributed by atoms with Crippen LogP contribution >= 0.6 is 0 Å². The van der Waals surface area contributed by atoms with E-state index in [1.165, 1.54) is 12.8 Å².